The fourth-order valence-corrected chi connectivity index (χ4v) is 3.34. The van der Waals surface area contributed by atoms with E-state index in [1.54, 1.807) is 18.2 Å². The highest BCUT2D eigenvalue weighted by molar-refractivity contribution is 7.87. The predicted molar refractivity (Wildman–Crippen MR) is 80.5 cm³/mol. The molecule has 5 nitrogen and oxygen atoms in total. The Balaban J connectivity index is 1.74. The molecule has 3 rings (SSSR count). The van der Waals surface area contributed by atoms with Gasteiger partial charge < -0.3 is 4.18 Å². The molecular weight excluding hydrogens is 302 g/mol. The van der Waals surface area contributed by atoms with Crippen LogP contribution in [0.1, 0.15) is 11.1 Å². The molecule has 1 unspecified atom stereocenters. The number of benzene rings is 2. The largest absolute Gasteiger partial charge is 0.341 e. The average molecular weight is 317 g/mol. The third-order valence-corrected chi connectivity index (χ3v) is 4.82. The van der Waals surface area contributed by atoms with Crippen LogP contribution in [0.2, 0.25) is 0 Å². The first-order valence-corrected chi connectivity index (χ1v) is 8.30. The van der Waals surface area contributed by atoms with E-state index in [0.29, 0.717) is 13.0 Å². The minimum absolute atomic E-state index is 0.0282. The van der Waals surface area contributed by atoms with Gasteiger partial charge in [0.05, 0.1) is 0 Å². The van der Waals surface area contributed by atoms with Crippen molar-refractivity contribution in [2.75, 3.05) is 0 Å². The Morgan fingerprint density at radius 1 is 1.00 bits per heavy atom. The van der Waals surface area contributed by atoms with E-state index in [4.69, 9.17) is 4.18 Å². The lowest BCUT2D eigenvalue weighted by Gasteiger charge is -2.24. The molecule has 2 aromatic rings. The van der Waals surface area contributed by atoms with Crippen LogP contribution in [0.3, 0.4) is 0 Å². The number of nitrogens with one attached hydrogen (secondary N) is 1. The Hall–Kier alpha value is -2.18. The Labute approximate surface area is 129 Å². The van der Waals surface area contributed by atoms with E-state index in [2.05, 4.69) is 5.32 Å². The molecule has 2 aromatic carbocycles. The first-order chi connectivity index (χ1) is 10.6. The number of rotatable bonds is 3. The standard InChI is InChI=1S/C16H15NO4S/c18-16(21-22(19,20)14-8-2-1-3-9-14)15-10-12-6-4-5-7-13(12)11-17-15/h1-9,15,17H,10-11H2. The molecule has 0 saturated heterocycles. The highest BCUT2D eigenvalue weighted by Gasteiger charge is 2.29. The van der Waals surface area contributed by atoms with Crippen molar-refractivity contribution < 1.29 is 17.4 Å². The van der Waals surface area contributed by atoms with E-state index in [1.165, 1.54) is 12.1 Å². The van der Waals surface area contributed by atoms with Gasteiger partial charge in [-0.1, -0.05) is 42.5 Å². The molecule has 0 saturated carbocycles. The Bertz CT molecular complexity index is 787. The molecule has 0 spiro atoms. The van der Waals surface area contributed by atoms with Crippen LogP contribution < -0.4 is 5.32 Å². The second-order valence-electron chi connectivity index (χ2n) is 5.08. The average Bonchev–Trinajstić information content (AvgIpc) is 2.55. The number of fused-ring (bicyclic) bond motifs is 1. The van der Waals surface area contributed by atoms with Gasteiger partial charge in [-0.05, 0) is 29.7 Å². The molecule has 0 radical (unpaired) electrons. The fraction of sp³-hybridized carbons (Fsp3) is 0.188. The lowest BCUT2D eigenvalue weighted by atomic mass is 9.96. The van der Waals surface area contributed by atoms with E-state index in [0.717, 1.165) is 11.1 Å². The molecule has 22 heavy (non-hydrogen) atoms. The van der Waals surface area contributed by atoms with Crippen LogP contribution in [0.4, 0.5) is 0 Å². The summed E-state index contributed by atoms with van der Waals surface area (Å²) >= 11 is 0. The topological polar surface area (TPSA) is 72.5 Å². The van der Waals surface area contributed by atoms with Crippen LogP contribution in [0.25, 0.3) is 0 Å². The van der Waals surface area contributed by atoms with Gasteiger partial charge in [-0.15, -0.1) is 0 Å². The zero-order valence-corrected chi connectivity index (χ0v) is 12.5. The molecule has 1 heterocycles. The summed E-state index contributed by atoms with van der Waals surface area (Å²) in [6, 6.07) is 14.7. The maximum atomic E-state index is 12.1. The lowest BCUT2D eigenvalue weighted by Crippen LogP contribution is -2.43. The summed E-state index contributed by atoms with van der Waals surface area (Å²) in [7, 11) is -4.08. The number of hydrogen-bond donors (Lipinski definition) is 1. The minimum Gasteiger partial charge on any atom is -0.340 e. The molecule has 0 aliphatic carbocycles. The summed E-state index contributed by atoms with van der Waals surface area (Å²) in [4.78, 5) is 12.1. The molecule has 1 aliphatic rings. The van der Waals surface area contributed by atoms with Gasteiger partial charge in [0.1, 0.15) is 10.9 Å². The van der Waals surface area contributed by atoms with Gasteiger partial charge in [0.15, 0.2) is 0 Å². The maximum Gasteiger partial charge on any atom is 0.341 e. The third kappa shape index (κ3) is 3.03. The Morgan fingerprint density at radius 3 is 2.36 bits per heavy atom. The van der Waals surface area contributed by atoms with Crippen molar-refractivity contribution in [1.29, 1.82) is 0 Å². The van der Waals surface area contributed by atoms with Crippen molar-refractivity contribution in [3.63, 3.8) is 0 Å². The van der Waals surface area contributed by atoms with Crippen LogP contribution in [-0.2, 0) is 32.1 Å². The van der Waals surface area contributed by atoms with Gasteiger partial charge in [-0.25, -0.2) is 4.79 Å². The number of carbonyl (C=O) groups excluding carboxylic acids is 1. The van der Waals surface area contributed by atoms with Crippen molar-refractivity contribution >= 4 is 16.1 Å². The van der Waals surface area contributed by atoms with Gasteiger partial charge in [0.2, 0.25) is 0 Å². The molecule has 0 amide bonds. The van der Waals surface area contributed by atoms with Gasteiger partial charge in [0, 0.05) is 6.54 Å². The second kappa shape index (κ2) is 5.90. The van der Waals surface area contributed by atoms with Gasteiger partial charge in [-0.3, -0.25) is 5.32 Å². The van der Waals surface area contributed by atoms with Crippen molar-refractivity contribution in [2.24, 2.45) is 0 Å². The number of carbonyl (C=O) groups is 1. The van der Waals surface area contributed by atoms with Crippen LogP contribution in [0, 0.1) is 0 Å². The van der Waals surface area contributed by atoms with Crippen LogP contribution in [0.15, 0.2) is 59.5 Å². The van der Waals surface area contributed by atoms with E-state index in [1.807, 2.05) is 24.3 Å². The summed E-state index contributed by atoms with van der Waals surface area (Å²) in [6.07, 6.45) is 0.416. The molecule has 0 fully saturated rings. The molecule has 1 atom stereocenters. The highest BCUT2D eigenvalue weighted by atomic mass is 32.2. The van der Waals surface area contributed by atoms with Crippen molar-refractivity contribution in [2.45, 2.75) is 23.9 Å². The van der Waals surface area contributed by atoms with E-state index < -0.39 is 22.1 Å². The molecule has 1 N–H and O–H groups in total. The maximum absolute atomic E-state index is 12.1. The van der Waals surface area contributed by atoms with Crippen LogP contribution in [0.5, 0.6) is 0 Å². The lowest BCUT2D eigenvalue weighted by molar-refractivity contribution is -0.136. The van der Waals surface area contributed by atoms with Crippen molar-refractivity contribution in [1.82, 2.24) is 5.32 Å². The van der Waals surface area contributed by atoms with Crippen LogP contribution >= 0.6 is 0 Å². The predicted octanol–water partition coefficient (Wildman–Crippen LogP) is 1.63. The van der Waals surface area contributed by atoms with Crippen molar-refractivity contribution in [3.8, 4) is 0 Å². The SMILES string of the molecule is O=C(OS(=O)(=O)c1ccccc1)C1Cc2ccccc2CN1. The molecule has 0 aromatic heterocycles. The normalized spacial score (nSPS) is 17.5. The fourth-order valence-electron chi connectivity index (χ4n) is 2.42. The summed E-state index contributed by atoms with van der Waals surface area (Å²) < 4.78 is 28.9. The monoisotopic (exact) mass is 317 g/mol. The van der Waals surface area contributed by atoms with Crippen LogP contribution in [-0.4, -0.2) is 20.4 Å². The minimum atomic E-state index is -4.08. The van der Waals surface area contributed by atoms with E-state index in [9.17, 15) is 13.2 Å². The summed E-state index contributed by atoms with van der Waals surface area (Å²) in [6.45, 7) is 0.515. The molecular formula is C16H15NO4S. The Morgan fingerprint density at radius 2 is 1.64 bits per heavy atom. The van der Waals surface area contributed by atoms with Gasteiger partial charge in [-0.2, -0.15) is 8.42 Å². The zero-order chi connectivity index (χ0) is 15.6. The first-order valence-electron chi connectivity index (χ1n) is 6.90. The summed E-state index contributed by atoms with van der Waals surface area (Å²) in [5.41, 5.74) is 2.14. The Kier molecular flexibility index (Phi) is 3.96. The molecule has 6 heteroatoms. The molecule has 114 valence electrons. The highest BCUT2D eigenvalue weighted by Crippen LogP contribution is 2.19. The first kappa shape index (κ1) is 14.7. The second-order valence-corrected chi connectivity index (χ2v) is 6.62. The van der Waals surface area contributed by atoms with E-state index >= 15 is 0 Å². The molecule has 1 aliphatic heterocycles. The summed E-state index contributed by atoms with van der Waals surface area (Å²) in [5.74, 6) is -0.779. The molecule has 0 bridgehead atoms. The number of hydrogen-bond acceptors (Lipinski definition) is 5. The van der Waals surface area contributed by atoms with Gasteiger partial charge in [0.25, 0.3) is 0 Å². The third-order valence-electron chi connectivity index (χ3n) is 3.59. The summed E-state index contributed by atoms with van der Waals surface area (Å²) in [5, 5.41) is 3.01. The van der Waals surface area contributed by atoms with E-state index in [-0.39, 0.29) is 4.90 Å². The van der Waals surface area contributed by atoms with Gasteiger partial charge >= 0.3 is 16.1 Å². The zero-order valence-electron chi connectivity index (χ0n) is 11.7. The quantitative estimate of drug-likeness (QED) is 0.871. The van der Waals surface area contributed by atoms with Crippen molar-refractivity contribution in [3.05, 3.63) is 65.7 Å². The smallest absolute Gasteiger partial charge is 0.340 e.